The predicted octanol–water partition coefficient (Wildman–Crippen LogP) is 3.39. The zero-order valence-electron chi connectivity index (χ0n) is 13.6. The van der Waals surface area contributed by atoms with E-state index in [2.05, 4.69) is 27.2 Å². The Labute approximate surface area is 135 Å². The van der Waals surface area contributed by atoms with Gasteiger partial charge in [0, 0.05) is 24.9 Å². The van der Waals surface area contributed by atoms with Crippen LogP contribution in [0, 0.1) is 0 Å². The van der Waals surface area contributed by atoms with Crippen molar-refractivity contribution in [2.75, 3.05) is 0 Å². The van der Waals surface area contributed by atoms with Crippen molar-refractivity contribution in [2.45, 2.75) is 32.7 Å². The van der Waals surface area contributed by atoms with Crippen LogP contribution in [0.15, 0.2) is 42.7 Å². The van der Waals surface area contributed by atoms with Gasteiger partial charge in [0.05, 0.1) is 16.6 Å². The van der Waals surface area contributed by atoms with Gasteiger partial charge in [-0.25, -0.2) is 4.98 Å². The molecule has 1 amide bonds. The van der Waals surface area contributed by atoms with Crippen molar-refractivity contribution < 1.29 is 4.79 Å². The number of carbonyl (C=O) groups excluding carboxylic acids is 1. The summed E-state index contributed by atoms with van der Waals surface area (Å²) in [5.41, 5.74) is 3.52. The van der Waals surface area contributed by atoms with Crippen LogP contribution in [0.3, 0.4) is 0 Å². The van der Waals surface area contributed by atoms with Gasteiger partial charge in [0.25, 0.3) is 0 Å². The molecular formula is C18H20N4O. The predicted molar refractivity (Wildman–Crippen MR) is 90.8 cm³/mol. The minimum atomic E-state index is -0.393. The fourth-order valence-electron chi connectivity index (χ4n) is 2.75. The van der Waals surface area contributed by atoms with Crippen LogP contribution in [0.25, 0.3) is 22.4 Å². The highest BCUT2D eigenvalue weighted by Gasteiger charge is 2.25. The van der Waals surface area contributed by atoms with Gasteiger partial charge in [-0.05, 0) is 43.2 Å². The first-order valence-electron chi connectivity index (χ1n) is 7.71. The van der Waals surface area contributed by atoms with Crippen LogP contribution in [0.4, 0.5) is 0 Å². The number of benzene rings is 1. The zero-order valence-corrected chi connectivity index (χ0v) is 13.6. The Hall–Kier alpha value is -2.69. The van der Waals surface area contributed by atoms with Crippen LogP contribution < -0.4 is 5.32 Å². The number of nitrogens with one attached hydrogen (secondary N) is 2. The number of nitrogens with zero attached hydrogens (tertiary/aromatic N) is 2. The number of fused-ring (bicyclic) bond motifs is 1. The lowest BCUT2D eigenvalue weighted by Gasteiger charge is -2.29. The van der Waals surface area contributed by atoms with E-state index in [1.807, 2.05) is 37.3 Å². The Morgan fingerprint density at radius 2 is 2.00 bits per heavy atom. The van der Waals surface area contributed by atoms with Crippen molar-refractivity contribution in [3.8, 4) is 11.4 Å². The summed E-state index contributed by atoms with van der Waals surface area (Å²) in [5, 5.41) is 3.04. The Balaban J connectivity index is 2.04. The summed E-state index contributed by atoms with van der Waals surface area (Å²) in [6.07, 6.45) is 4.30. The molecule has 0 radical (unpaired) electrons. The highest BCUT2D eigenvalue weighted by atomic mass is 16.1. The van der Waals surface area contributed by atoms with Crippen LogP contribution >= 0.6 is 0 Å². The monoisotopic (exact) mass is 308 g/mol. The quantitative estimate of drug-likeness (QED) is 0.776. The highest BCUT2D eigenvalue weighted by Crippen LogP contribution is 2.28. The molecular weight excluding hydrogens is 288 g/mol. The number of pyridine rings is 1. The first kappa shape index (κ1) is 15.2. The number of amides is 1. The summed E-state index contributed by atoms with van der Waals surface area (Å²) in [5.74, 6) is 0.784. The average Bonchev–Trinajstić information content (AvgIpc) is 2.98. The molecule has 1 aromatic carbocycles. The van der Waals surface area contributed by atoms with Crippen LogP contribution in [0.2, 0.25) is 0 Å². The lowest BCUT2D eigenvalue weighted by molar-refractivity contribution is -0.120. The van der Waals surface area contributed by atoms with Crippen molar-refractivity contribution in [3.05, 3.63) is 48.3 Å². The van der Waals surface area contributed by atoms with Crippen molar-refractivity contribution >= 4 is 16.9 Å². The topological polar surface area (TPSA) is 70.7 Å². The van der Waals surface area contributed by atoms with Gasteiger partial charge in [0.2, 0.25) is 5.91 Å². The molecule has 0 saturated heterocycles. The van der Waals surface area contributed by atoms with E-state index in [4.69, 9.17) is 0 Å². The molecule has 0 fully saturated rings. The summed E-state index contributed by atoms with van der Waals surface area (Å²) in [7, 11) is 0. The number of imidazole rings is 1. The Kier molecular flexibility index (Phi) is 3.86. The number of hydrogen-bond donors (Lipinski definition) is 2. The normalized spacial score (nSPS) is 13.7. The van der Waals surface area contributed by atoms with Gasteiger partial charge < -0.3 is 10.3 Å². The molecule has 3 rings (SSSR count). The zero-order chi connectivity index (χ0) is 16.4. The van der Waals surface area contributed by atoms with Gasteiger partial charge in [-0.3, -0.25) is 9.78 Å². The summed E-state index contributed by atoms with van der Waals surface area (Å²) in [4.78, 5) is 23.5. The van der Waals surface area contributed by atoms with Crippen molar-refractivity contribution in [3.63, 3.8) is 0 Å². The Morgan fingerprint density at radius 1 is 1.26 bits per heavy atom. The number of rotatable bonds is 4. The molecule has 2 aromatic heterocycles. The first-order chi connectivity index (χ1) is 11.0. The molecule has 118 valence electrons. The van der Waals surface area contributed by atoms with E-state index in [1.54, 1.807) is 19.3 Å². The first-order valence-corrected chi connectivity index (χ1v) is 7.71. The number of H-pyrrole nitrogens is 1. The molecule has 1 unspecified atom stereocenters. The molecule has 0 spiro atoms. The molecule has 2 N–H and O–H groups in total. The second-order valence-electron chi connectivity index (χ2n) is 5.92. The third-order valence-corrected chi connectivity index (χ3v) is 4.23. The lowest BCUT2D eigenvalue weighted by atomic mass is 9.89. The molecule has 0 aliphatic heterocycles. The van der Waals surface area contributed by atoms with Gasteiger partial charge in [0.15, 0.2) is 0 Å². The molecule has 0 aliphatic carbocycles. The summed E-state index contributed by atoms with van der Waals surface area (Å²) in [6.45, 7) is 5.64. The molecule has 23 heavy (non-hydrogen) atoms. The molecule has 0 saturated carbocycles. The van der Waals surface area contributed by atoms with Crippen LogP contribution in [0.5, 0.6) is 0 Å². The third-order valence-electron chi connectivity index (χ3n) is 4.23. The highest BCUT2D eigenvalue weighted by molar-refractivity contribution is 5.81. The largest absolute Gasteiger partial charge is 0.347 e. The van der Waals surface area contributed by atoms with E-state index in [0.717, 1.165) is 34.4 Å². The van der Waals surface area contributed by atoms with Crippen LogP contribution in [-0.2, 0) is 10.3 Å². The molecule has 2 heterocycles. The number of aromatic nitrogens is 3. The molecule has 5 nitrogen and oxygen atoms in total. The maximum atomic E-state index is 11.5. The number of carbonyl (C=O) groups is 1. The van der Waals surface area contributed by atoms with Crippen molar-refractivity contribution in [1.82, 2.24) is 20.3 Å². The molecule has 5 heteroatoms. The SMILES string of the molecule is CCC(C)(NC(C)=O)c1ccc2[nH]c(-c3ccncc3)nc2c1. The molecule has 0 bridgehead atoms. The van der Waals surface area contributed by atoms with Crippen molar-refractivity contribution in [1.29, 1.82) is 0 Å². The molecule has 0 aliphatic rings. The van der Waals surface area contributed by atoms with E-state index >= 15 is 0 Å². The maximum Gasteiger partial charge on any atom is 0.217 e. The second-order valence-corrected chi connectivity index (χ2v) is 5.92. The number of hydrogen-bond acceptors (Lipinski definition) is 3. The van der Waals surface area contributed by atoms with Gasteiger partial charge >= 0.3 is 0 Å². The smallest absolute Gasteiger partial charge is 0.217 e. The Morgan fingerprint density at radius 3 is 2.65 bits per heavy atom. The Bertz CT molecular complexity index is 841. The van der Waals surface area contributed by atoms with E-state index in [1.165, 1.54) is 0 Å². The second kappa shape index (κ2) is 5.83. The fourth-order valence-corrected chi connectivity index (χ4v) is 2.75. The van der Waals surface area contributed by atoms with Crippen molar-refractivity contribution in [2.24, 2.45) is 0 Å². The summed E-state index contributed by atoms with van der Waals surface area (Å²) < 4.78 is 0. The lowest BCUT2D eigenvalue weighted by Crippen LogP contribution is -2.41. The fraction of sp³-hybridized carbons (Fsp3) is 0.278. The third kappa shape index (κ3) is 2.95. The van der Waals surface area contributed by atoms with Gasteiger partial charge in [0.1, 0.15) is 5.82 Å². The summed E-state index contributed by atoms with van der Waals surface area (Å²) in [6, 6.07) is 9.93. The van der Waals surface area contributed by atoms with Gasteiger partial charge in [-0.1, -0.05) is 13.0 Å². The van der Waals surface area contributed by atoms with Gasteiger partial charge in [-0.2, -0.15) is 0 Å². The minimum absolute atomic E-state index is 0.0334. The van der Waals surface area contributed by atoms with Gasteiger partial charge in [-0.15, -0.1) is 0 Å². The molecule has 3 aromatic rings. The molecule has 1 atom stereocenters. The summed E-state index contributed by atoms with van der Waals surface area (Å²) >= 11 is 0. The van der Waals surface area contributed by atoms with E-state index in [9.17, 15) is 4.79 Å². The standard InChI is InChI=1S/C18H20N4O/c1-4-18(3,22-12(2)23)14-5-6-15-16(11-14)21-17(20-15)13-7-9-19-10-8-13/h5-11H,4H2,1-3H3,(H,20,21)(H,22,23). The van der Waals surface area contributed by atoms with E-state index < -0.39 is 5.54 Å². The average molecular weight is 308 g/mol. The maximum absolute atomic E-state index is 11.5. The number of aromatic amines is 1. The minimum Gasteiger partial charge on any atom is -0.347 e. The van der Waals surface area contributed by atoms with Crippen LogP contribution in [0.1, 0.15) is 32.8 Å². The van der Waals surface area contributed by atoms with Crippen LogP contribution in [-0.4, -0.2) is 20.9 Å². The van der Waals surface area contributed by atoms with E-state index in [-0.39, 0.29) is 5.91 Å². The van der Waals surface area contributed by atoms with E-state index in [0.29, 0.717) is 0 Å².